The van der Waals surface area contributed by atoms with Gasteiger partial charge in [-0.3, -0.25) is 19.5 Å². The molecule has 162 valence electrons. The number of hydrogen-bond acceptors (Lipinski definition) is 6. The van der Waals surface area contributed by atoms with E-state index in [9.17, 15) is 14.7 Å². The van der Waals surface area contributed by atoms with Gasteiger partial charge in [-0.1, -0.05) is 17.7 Å². The van der Waals surface area contributed by atoms with Crippen LogP contribution in [0, 0.1) is 0 Å². The number of rotatable bonds is 5. The van der Waals surface area contributed by atoms with Crippen molar-refractivity contribution in [2.45, 2.75) is 6.04 Å². The molecule has 1 fully saturated rings. The number of amides is 1. The lowest BCUT2D eigenvalue weighted by molar-refractivity contribution is -0.132. The van der Waals surface area contributed by atoms with Gasteiger partial charge in [-0.2, -0.15) is 0 Å². The number of hydrogen-bond donors (Lipinski definition) is 1. The lowest BCUT2D eigenvalue weighted by Gasteiger charge is -2.25. The van der Waals surface area contributed by atoms with E-state index >= 15 is 0 Å². The summed E-state index contributed by atoms with van der Waals surface area (Å²) in [6.45, 7) is 0. The smallest absolute Gasteiger partial charge is 0.300 e. The Bertz CT molecular complexity index is 1210. The van der Waals surface area contributed by atoms with Crippen LogP contribution >= 0.6 is 11.6 Å². The Balaban J connectivity index is 1.96. The molecule has 1 unspecified atom stereocenters. The molecule has 3 aromatic rings. The summed E-state index contributed by atoms with van der Waals surface area (Å²) in [7, 11) is 3.01. The number of ether oxygens (including phenoxy) is 2. The van der Waals surface area contributed by atoms with Crippen molar-refractivity contribution in [2.24, 2.45) is 0 Å². The fraction of sp³-hybridized carbons (Fsp3) is 0.125. The van der Waals surface area contributed by atoms with Gasteiger partial charge in [-0.15, -0.1) is 0 Å². The van der Waals surface area contributed by atoms with E-state index in [0.717, 1.165) is 0 Å². The van der Waals surface area contributed by atoms with Crippen molar-refractivity contribution in [2.75, 3.05) is 19.1 Å². The minimum absolute atomic E-state index is 0.0478. The molecule has 1 atom stereocenters. The van der Waals surface area contributed by atoms with Gasteiger partial charge >= 0.3 is 0 Å². The molecular weight excluding hydrogens is 432 g/mol. The lowest BCUT2D eigenvalue weighted by Crippen LogP contribution is -2.29. The van der Waals surface area contributed by atoms with Gasteiger partial charge < -0.3 is 14.6 Å². The van der Waals surface area contributed by atoms with Crippen molar-refractivity contribution in [3.05, 3.63) is 88.7 Å². The Morgan fingerprint density at radius 3 is 2.38 bits per heavy atom. The number of aliphatic hydroxyl groups is 1. The molecule has 0 aliphatic carbocycles. The summed E-state index contributed by atoms with van der Waals surface area (Å²) in [4.78, 5) is 31.6. The Kier molecular flexibility index (Phi) is 5.83. The van der Waals surface area contributed by atoms with Gasteiger partial charge in [0.05, 0.1) is 37.7 Å². The van der Waals surface area contributed by atoms with E-state index in [0.29, 0.717) is 33.3 Å². The summed E-state index contributed by atoms with van der Waals surface area (Å²) in [5.74, 6) is -0.957. The van der Waals surface area contributed by atoms with Crippen LogP contribution in [0.2, 0.25) is 5.02 Å². The number of ketones is 1. The number of methoxy groups -OCH3 is 2. The minimum Gasteiger partial charge on any atom is -0.507 e. The van der Waals surface area contributed by atoms with E-state index in [1.54, 1.807) is 60.8 Å². The number of carbonyl (C=O) groups is 2. The zero-order valence-corrected chi connectivity index (χ0v) is 18.0. The van der Waals surface area contributed by atoms with E-state index in [2.05, 4.69) is 4.98 Å². The van der Waals surface area contributed by atoms with Crippen molar-refractivity contribution in [3.8, 4) is 11.5 Å². The number of pyridine rings is 1. The third-order valence-corrected chi connectivity index (χ3v) is 5.46. The van der Waals surface area contributed by atoms with Crippen molar-refractivity contribution >= 4 is 34.7 Å². The Labute approximate surface area is 189 Å². The molecule has 0 bridgehead atoms. The zero-order chi connectivity index (χ0) is 22.8. The summed E-state index contributed by atoms with van der Waals surface area (Å²) in [5, 5.41) is 11.6. The van der Waals surface area contributed by atoms with Crippen LogP contribution in [-0.4, -0.2) is 36.0 Å². The highest BCUT2D eigenvalue weighted by molar-refractivity contribution is 6.51. The van der Waals surface area contributed by atoms with Gasteiger partial charge in [0.25, 0.3) is 11.7 Å². The van der Waals surface area contributed by atoms with Gasteiger partial charge in [0.15, 0.2) is 11.5 Å². The SMILES string of the molecule is COc1ccc(C2/C(=C(\O)c3ccc(Cl)cc3)C(=O)C(=O)N2c2cccnc2)cc1OC. The topological polar surface area (TPSA) is 89.0 Å². The maximum Gasteiger partial charge on any atom is 0.300 e. The molecule has 0 saturated carbocycles. The summed E-state index contributed by atoms with van der Waals surface area (Å²) in [6.07, 6.45) is 3.06. The van der Waals surface area contributed by atoms with Crippen LogP contribution in [0.4, 0.5) is 5.69 Å². The molecule has 0 spiro atoms. The maximum atomic E-state index is 13.1. The summed E-state index contributed by atoms with van der Waals surface area (Å²) in [6, 6.07) is 13.9. The normalized spacial score (nSPS) is 17.5. The number of aromatic nitrogens is 1. The van der Waals surface area contributed by atoms with Crippen LogP contribution in [0.15, 0.2) is 72.6 Å². The van der Waals surface area contributed by atoms with Gasteiger partial charge in [0, 0.05) is 16.8 Å². The molecule has 2 aromatic carbocycles. The Morgan fingerprint density at radius 2 is 1.75 bits per heavy atom. The number of anilines is 1. The predicted octanol–water partition coefficient (Wildman–Crippen LogP) is 4.38. The maximum absolute atomic E-state index is 13.1. The van der Waals surface area contributed by atoms with E-state index in [1.165, 1.54) is 25.3 Å². The highest BCUT2D eigenvalue weighted by Gasteiger charge is 2.47. The minimum atomic E-state index is -0.908. The van der Waals surface area contributed by atoms with Gasteiger partial charge in [-0.05, 0) is 54.1 Å². The lowest BCUT2D eigenvalue weighted by atomic mass is 9.95. The average Bonchev–Trinajstić information content (AvgIpc) is 3.09. The predicted molar refractivity (Wildman–Crippen MR) is 120 cm³/mol. The first-order valence-corrected chi connectivity index (χ1v) is 10.0. The fourth-order valence-electron chi connectivity index (χ4n) is 3.70. The third kappa shape index (κ3) is 3.67. The van der Waals surface area contributed by atoms with Crippen LogP contribution < -0.4 is 14.4 Å². The van der Waals surface area contributed by atoms with Gasteiger partial charge in [0.1, 0.15) is 5.76 Å². The number of aliphatic hydroxyl groups excluding tert-OH is 1. The molecule has 1 N–H and O–H groups in total. The van der Waals surface area contributed by atoms with E-state index in [1.807, 2.05) is 0 Å². The first-order chi connectivity index (χ1) is 15.5. The van der Waals surface area contributed by atoms with Crippen LogP contribution in [0.3, 0.4) is 0 Å². The molecule has 7 nitrogen and oxygen atoms in total. The second-order valence-electron chi connectivity index (χ2n) is 7.00. The number of halogens is 1. The number of benzene rings is 2. The third-order valence-electron chi connectivity index (χ3n) is 5.21. The van der Waals surface area contributed by atoms with E-state index in [4.69, 9.17) is 21.1 Å². The van der Waals surface area contributed by atoms with Crippen molar-refractivity contribution in [3.63, 3.8) is 0 Å². The van der Waals surface area contributed by atoms with E-state index in [-0.39, 0.29) is 11.3 Å². The molecule has 1 aliphatic heterocycles. The monoisotopic (exact) mass is 450 g/mol. The van der Waals surface area contributed by atoms with Gasteiger partial charge in [0.2, 0.25) is 0 Å². The Morgan fingerprint density at radius 1 is 1.03 bits per heavy atom. The molecule has 1 aromatic heterocycles. The second kappa shape index (κ2) is 8.72. The standard InChI is InChI=1S/C24H19ClN2O5/c1-31-18-10-7-15(12-19(18)32-2)21-20(22(28)14-5-8-16(25)9-6-14)23(29)24(30)27(21)17-4-3-11-26-13-17/h3-13,21,28H,1-2H3/b22-20+. The summed E-state index contributed by atoms with van der Waals surface area (Å²) >= 11 is 5.96. The van der Waals surface area contributed by atoms with Crippen LogP contribution in [0.5, 0.6) is 11.5 Å². The van der Waals surface area contributed by atoms with Gasteiger partial charge in [-0.25, -0.2) is 0 Å². The summed E-state index contributed by atoms with van der Waals surface area (Å²) in [5.41, 5.74) is 1.29. The highest BCUT2D eigenvalue weighted by Crippen LogP contribution is 2.43. The second-order valence-corrected chi connectivity index (χ2v) is 7.44. The van der Waals surface area contributed by atoms with Crippen LogP contribution in [0.25, 0.3) is 5.76 Å². The van der Waals surface area contributed by atoms with E-state index < -0.39 is 17.7 Å². The molecule has 2 heterocycles. The molecular formula is C24H19ClN2O5. The zero-order valence-electron chi connectivity index (χ0n) is 17.3. The van der Waals surface area contributed by atoms with Crippen molar-refractivity contribution < 1.29 is 24.2 Å². The fourth-order valence-corrected chi connectivity index (χ4v) is 3.82. The molecule has 1 amide bonds. The summed E-state index contributed by atoms with van der Waals surface area (Å²) < 4.78 is 10.7. The molecule has 4 rings (SSSR count). The molecule has 32 heavy (non-hydrogen) atoms. The van der Waals surface area contributed by atoms with Crippen LogP contribution in [-0.2, 0) is 9.59 Å². The quantitative estimate of drug-likeness (QED) is 0.352. The average molecular weight is 451 g/mol. The molecule has 8 heteroatoms. The molecule has 1 saturated heterocycles. The highest BCUT2D eigenvalue weighted by atomic mass is 35.5. The number of carbonyl (C=O) groups excluding carboxylic acids is 2. The molecule has 0 radical (unpaired) electrons. The number of nitrogens with zero attached hydrogens (tertiary/aromatic N) is 2. The first kappa shape index (κ1) is 21.4. The molecule has 1 aliphatic rings. The van der Waals surface area contributed by atoms with Crippen molar-refractivity contribution in [1.82, 2.24) is 4.98 Å². The largest absolute Gasteiger partial charge is 0.507 e. The number of Topliss-reactive ketones (excluding diaryl/α,β-unsaturated/α-hetero) is 1. The van der Waals surface area contributed by atoms with Crippen LogP contribution in [0.1, 0.15) is 17.2 Å². The Hall–Kier alpha value is -3.84. The van der Waals surface area contributed by atoms with Crippen molar-refractivity contribution in [1.29, 1.82) is 0 Å². The first-order valence-electron chi connectivity index (χ1n) is 9.65.